The Labute approximate surface area is 135 Å². The highest BCUT2D eigenvalue weighted by molar-refractivity contribution is 5.73. The molecular formula is C17H19N3O3. The molecule has 0 atom stereocenters. The largest absolute Gasteiger partial charge is 0.710 e. The van der Waals surface area contributed by atoms with Crippen LogP contribution in [0.3, 0.4) is 0 Å². The molecule has 120 valence electrons. The SMILES string of the molecule is CCCc1n2c(c(C#N)[n+]1[O-])-c1cc(OC)c(OC)cc1CC2. The maximum absolute atomic E-state index is 12.5. The Morgan fingerprint density at radius 2 is 2.00 bits per heavy atom. The van der Waals surface area contributed by atoms with Gasteiger partial charge < -0.3 is 14.7 Å². The third-order valence-electron chi connectivity index (χ3n) is 4.29. The highest BCUT2D eigenvalue weighted by atomic mass is 16.5. The van der Waals surface area contributed by atoms with Crippen molar-refractivity contribution >= 4 is 0 Å². The molecule has 0 amide bonds. The molecule has 0 fully saturated rings. The smallest absolute Gasteiger partial charge is 0.261 e. The first kappa shape index (κ1) is 15.2. The van der Waals surface area contributed by atoms with Crippen molar-refractivity contribution in [1.82, 2.24) is 4.57 Å². The number of imidazole rings is 1. The quantitative estimate of drug-likeness (QED) is 0.640. The minimum atomic E-state index is 0.154. The van der Waals surface area contributed by atoms with Gasteiger partial charge in [-0.1, -0.05) is 6.92 Å². The van der Waals surface area contributed by atoms with Crippen LogP contribution in [-0.4, -0.2) is 18.8 Å². The second-order valence-electron chi connectivity index (χ2n) is 5.54. The first-order valence-corrected chi connectivity index (χ1v) is 7.66. The van der Waals surface area contributed by atoms with Crippen LogP contribution in [0.1, 0.15) is 30.4 Å². The number of hydrogen-bond donors (Lipinski definition) is 0. The van der Waals surface area contributed by atoms with E-state index in [1.807, 2.05) is 23.6 Å². The van der Waals surface area contributed by atoms with Gasteiger partial charge in [-0.3, -0.25) is 0 Å². The Morgan fingerprint density at radius 1 is 1.30 bits per heavy atom. The van der Waals surface area contributed by atoms with Crippen molar-refractivity contribution in [2.45, 2.75) is 32.7 Å². The highest BCUT2D eigenvalue weighted by Gasteiger charge is 2.33. The van der Waals surface area contributed by atoms with E-state index in [2.05, 4.69) is 6.07 Å². The number of aromatic nitrogens is 2. The number of nitriles is 1. The maximum Gasteiger partial charge on any atom is 0.261 e. The van der Waals surface area contributed by atoms with Crippen LogP contribution in [0.25, 0.3) is 11.3 Å². The number of fused-ring (bicyclic) bond motifs is 3. The van der Waals surface area contributed by atoms with Gasteiger partial charge >= 0.3 is 0 Å². The summed E-state index contributed by atoms with van der Waals surface area (Å²) >= 11 is 0. The molecule has 6 nitrogen and oxygen atoms in total. The zero-order chi connectivity index (χ0) is 16.6. The second-order valence-corrected chi connectivity index (χ2v) is 5.54. The number of rotatable bonds is 4. The fraction of sp³-hybridized carbons (Fsp3) is 0.412. The number of ether oxygens (including phenoxy) is 2. The predicted molar refractivity (Wildman–Crippen MR) is 84.3 cm³/mol. The Hall–Kier alpha value is -2.68. The van der Waals surface area contributed by atoms with Gasteiger partial charge in [0.05, 0.1) is 20.8 Å². The van der Waals surface area contributed by atoms with E-state index in [0.717, 1.165) is 28.7 Å². The van der Waals surface area contributed by atoms with Gasteiger partial charge in [-0.05, 0) is 24.1 Å². The van der Waals surface area contributed by atoms with Crippen LogP contribution in [-0.2, 0) is 19.4 Å². The topological polar surface area (TPSA) is 74.1 Å². The monoisotopic (exact) mass is 313 g/mol. The zero-order valence-electron chi connectivity index (χ0n) is 13.5. The Morgan fingerprint density at radius 3 is 2.61 bits per heavy atom. The van der Waals surface area contributed by atoms with Gasteiger partial charge in [-0.25, -0.2) is 9.30 Å². The normalized spacial score (nSPS) is 12.3. The average Bonchev–Trinajstić information content (AvgIpc) is 2.85. The van der Waals surface area contributed by atoms with Crippen LogP contribution in [0, 0.1) is 16.5 Å². The Kier molecular flexibility index (Phi) is 3.87. The summed E-state index contributed by atoms with van der Waals surface area (Å²) in [5.41, 5.74) is 2.78. The molecule has 1 aliphatic rings. The van der Waals surface area contributed by atoms with Crippen LogP contribution in [0.15, 0.2) is 12.1 Å². The third-order valence-corrected chi connectivity index (χ3v) is 4.29. The van der Waals surface area contributed by atoms with Gasteiger partial charge in [0.25, 0.3) is 11.5 Å². The first-order valence-electron chi connectivity index (χ1n) is 7.66. The van der Waals surface area contributed by atoms with Crippen molar-refractivity contribution in [1.29, 1.82) is 5.26 Å². The summed E-state index contributed by atoms with van der Waals surface area (Å²) in [5.74, 6) is 1.91. The van der Waals surface area contributed by atoms with E-state index in [1.165, 1.54) is 0 Å². The lowest BCUT2D eigenvalue weighted by molar-refractivity contribution is -0.616. The molecule has 1 aromatic carbocycles. The van der Waals surface area contributed by atoms with E-state index in [9.17, 15) is 10.5 Å². The number of nitrogens with zero attached hydrogens (tertiary/aromatic N) is 3. The summed E-state index contributed by atoms with van der Waals surface area (Å²) in [6.45, 7) is 2.72. The van der Waals surface area contributed by atoms with Crippen LogP contribution in [0.4, 0.5) is 0 Å². The molecule has 2 heterocycles. The minimum absolute atomic E-state index is 0.154. The molecule has 1 aliphatic heterocycles. The summed E-state index contributed by atoms with van der Waals surface area (Å²) < 4.78 is 13.5. The lowest BCUT2D eigenvalue weighted by Crippen LogP contribution is -2.33. The lowest BCUT2D eigenvalue weighted by atomic mass is 9.96. The third kappa shape index (κ3) is 2.20. The molecule has 0 radical (unpaired) electrons. The van der Waals surface area contributed by atoms with Crippen molar-refractivity contribution in [2.24, 2.45) is 0 Å². The standard InChI is InChI=1S/C17H19N3O3/c1-4-5-16-19-7-6-11-8-14(22-2)15(23-3)9-12(11)17(19)13(10-18)20(16)21/h8-9H,4-7H2,1-3H3. The van der Waals surface area contributed by atoms with E-state index in [4.69, 9.17) is 9.47 Å². The van der Waals surface area contributed by atoms with Crippen LogP contribution in [0.2, 0.25) is 0 Å². The van der Waals surface area contributed by atoms with E-state index in [0.29, 0.717) is 36.0 Å². The van der Waals surface area contributed by atoms with E-state index in [-0.39, 0.29) is 5.69 Å². The fourth-order valence-electron chi connectivity index (χ4n) is 3.24. The predicted octanol–water partition coefficient (Wildman–Crippen LogP) is 2.19. The molecule has 6 heteroatoms. The molecule has 0 unspecified atom stereocenters. The van der Waals surface area contributed by atoms with Gasteiger partial charge in [-0.2, -0.15) is 5.26 Å². The number of methoxy groups -OCH3 is 2. The Balaban J connectivity index is 2.28. The van der Waals surface area contributed by atoms with Gasteiger partial charge in [0.1, 0.15) is 6.07 Å². The van der Waals surface area contributed by atoms with Crippen molar-refractivity contribution in [3.05, 3.63) is 34.4 Å². The average molecular weight is 313 g/mol. The summed E-state index contributed by atoms with van der Waals surface area (Å²) in [6.07, 6.45) is 2.30. The number of benzene rings is 1. The second kappa shape index (κ2) is 5.84. The number of aryl methyl sites for hydroxylation is 1. The van der Waals surface area contributed by atoms with Crippen molar-refractivity contribution < 1.29 is 14.2 Å². The van der Waals surface area contributed by atoms with Crippen molar-refractivity contribution in [3.8, 4) is 28.8 Å². The molecule has 0 bridgehead atoms. The van der Waals surface area contributed by atoms with Gasteiger partial charge in [0.2, 0.25) is 0 Å². The Bertz CT molecular complexity index is 803. The van der Waals surface area contributed by atoms with Crippen molar-refractivity contribution in [3.63, 3.8) is 0 Å². The van der Waals surface area contributed by atoms with Crippen LogP contribution >= 0.6 is 0 Å². The van der Waals surface area contributed by atoms with Crippen LogP contribution in [0.5, 0.6) is 11.5 Å². The van der Waals surface area contributed by atoms with Crippen molar-refractivity contribution in [2.75, 3.05) is 14.2 Å². The lowest BCUT2D eigenvalue weighted by Gasteiger charge is -2.18. The minimum Gasteiger partial charge on any atom is -0.710 e. The molecule has 1 aromatic heterocycles. The highest BCUT2D eigenvalue weighted by Crippen LogP contribution is 2.39. The summed E-state index contributed by atoms with van der Waals surface area (Å²) in [6, 6.07) is 5.85. The number of hydrogen-bond acceptors (Lipinski definition) is 4. The van der Waals surface area contributed by atoms with Crippen LogP contribution < -0.4 is 14.2 Å². The van der Waals surface area contributed by atoms with Gasteiger partial charge in [0.15, 0.2) is 17.2 Å². The summed E-state index contributed by atoms with van der Waals surface area (Å²) in [4.78, 5) is 0. The van der Waals surface area contributed by atoms with E-state index in [1.54, 1.807) is 14.2 Å². The summed E-state index contributed by atoms with van der Waals surface area (Å²) in [5, 5.41) is 22.0. The summed E-state index contributed by atoms with van der Waals surface area (Å²) in [7, 11) is 3.18. The molecule has 3 rings (SSSR count). The zero-order valence-corrected chi connectivity index (χ0v) is 13.5. The molecular weight excluding hydrogens is 294 g/mol. The van der Waals surface area contributed by atoms with E-state index < -0.39 is 0 Å². The molecule has 0 aliphatic carbocycles. The molecule has 2 aromatic rings. The first-order chi connectivity index (χ1) is 11.2. The van der Waals surface area contributed by atoms with Gasteiger partial charge in [0, 0.05) is 18.4 Å². The fourth-order valence-corrected chi connectivity index (χ4v) is 3.24. The maximum atomic E-state index is 12.5. The molecule has 0 saturated carbocycles. The van der Waals surface area contributed by atoms with E-state index >= 15 is 0 Å². The van der Waals surface area contributed by atoms with Gasteiger partial charge in [-0.15, -0.1) is 0 Å². The molecule has 0 saturated heterocycles. The molecule has 23 heavy (non-hydrogen) atoms. The molecule has 0 N–H and O–H groups in total. The molecule has 0 spiro atoms.